The fourth-order valence-electron chi connectivity index (χ4n) is 1.94. The first-order chi connectivity index (χ1) is 12.4. The molecular formula is C17H27F3IN3O3. The molecule has 0 saturated heterocycles. The van der Waals surface area contributed by atoms with Crippen LogP contribution < -0.4 is 15.4 Å². The van der Waals surface area contributed by atoms with Crippen molar-refractivity contribution in [1.29, 1.82) is 0 Å². The van der Waals surface area contributed by atoms with Gasteiger partial charge in [0.1, 0.15) is 5.75 Å². The molecule has 1 rings (SSSR count). The van der Waals surface area contributed by atoms with Gasteiger partial charge in [0.05, 0.1) is 13.2 Å². The number of halogens is 4. The Kier molecular flexibility index (Phi) is 14.1. The Balaban J connectivity index is 0.00000676. The third-order valence-corrected chi connectivity index (χ3v) is 3.17. The van der Waals surface area contributed by atoms with E-state index in [1.54, 1.807) is 32.4 Å². The Morgan fingerprint density at radius 2 is 1.93 bits per heavy atom. The van der Waals surface area contributed by atoms with Crippen molar-refractivity contribution < 1.29 is 27.4 Å². The Hall–Kier alpha value is -1.27. The number of ether oxygens (including phenoxy) is 3. The van der Waals surface area contributed by atoms with E-state index < -0.39 is 12.8 Å². The van der Waals surface area contributed by atoms with Crippen LogP contribution in [-0.4, -0.2) is 59.3 Å². The molecule has 2 N–H and O–H groups in total. The summed E-state index contributed by atoms with van der Waals surface area (Å²) in [5.74, 6) is 0.779. The van der Waals surface area contributed by atoms with Gasteiger partial charge in [0.15, 0.2) is 12.6 Å². The highest BCUT2D eigenvalue weighted by Gasteiger charge is 2.28. The van der Waals surface area contributed by atoms with E-state index in [1.165, 1.54) is 6.07 Å². The van der Waals surface area contributed by atoms with Gasteiger partial charge in [-0.15, -0.1) is 24.0 Å². The van der Waals surface area contributed by atoms with Gasteiger partial charge in [-0.1, -0.05) is 12.1 Å². The number of nitrogens with zero attached hydrogens (tertiary/aromatic N) is 1. The lowest BCUT2D eigenvalue weighted by Gasteiger charge is -2.13. The Morgan fingerprint density at radius 1 is 1.15 bits per heavy atom. The molecule has 10 heteroatoms. The molecule has 0 aliphatic rings. The van der Waals surface area contributed by atoms with E-state index in [2.05, 4.69) is 15.6 Å². The third-order valence-electron chi connectivity index (χ3n) is 3.17. The van der Waals surface area contributed by atoms with Crippen LogP contribution in [-0.2, 0) is 16.0 Å². The molecule has 0 radical (unpaired) electrons. The fraction of sp³-hybridized carbons (Fsp3) is 0.588. The molecule has 1 aromatic carbocycles. The van der Waals surface area contributed by atoms with Crippen LogP contribution in [0.1, 0.15) is 12.0 Å². The first-order valence-electron chi connectivity index (χ1n) is 8.24. The van der Waals surface area contributed by atoms with E-state index in [0.29, 0.717) is 38.9 Å². The molecule has 0 saturated carbocycles. The van der Waals surface area contributed by atoms with E-state index in [0.717, 1.165) is 12.0 Å². The summed E-state index contributed by atoms with van der Waals surface area (Å²) < 4.78 is 51.6. The highest BCUT2D eigenvalue weighted by atomic mass is 127. The first-order valence-corrected chi connectivity index (χ1v) is 8.24. The van der Waals surface area contributed by atoms with Crippen molar-refractivity contribution >= 4 is 29.9 Å². The molecule has 6 nitrogen and oxygen atoms in total. The minimum atomic E-state index is -4.35. The van der Waals surface area contributed by atoms with Crippen LogP contribution >= 0.6 is 24.0 Å². The summed E-state index contributed by atoms with van der Waals surface area (Å²) >= 11 is 0. The second-order valence-electron chi connectivity index (χ2n) is 5.36. The van der Waals surface area contributed by atoms with Crippen molar-refractivity contribution in [3.63, 3.8) is 0 Å². The van der Waals surface area contributed by atoms with Crippen molar-refractivity contribution in [2.45, 2.75) is 19.1 Å². The van der Waals surface area contributed by atoms with Crippen molar-refractivity contribution in [3.8, 4) is 5.75 Å². The SMILES string of the molecule is CN=C(NCCCOCCOC)NCc1cccc(OCC(F)(F)F)c1.I. The number of alkyl halides is 3. The lowest BCUT2D eigenvalue weighted by Crippen LogP contribution is -2.37. The summed E-state index contributed by atoms with van der Waals surface area (Å²) in [7, 11) is 3.27. The Morgan fingerprint density at radius 3 is 2.59 bits per heavy atom. The van der Waals surface area contributed by atoms with Gasteiger partial charge in [0, 0.05) is 33.9 Å². The molecule has 156 valence electrons. The summed E-state index contributed by atoms with van der Waals surface area (Å²) in [4.78, 5) is 4.09. The number of nitrogens with one attached hydrogen (secondary N) is 2. The number of aliphatic imine (C=N–C) groups is 1. The quantitative estimate of drug-likeness (QED) is 0.210. The van der Waals surface area contributed by atoms with Gasteiger partial charge in [-0.05, 0) is 24.1 Å². The molecule has 0 atom stereocenters. The van der Waals surface area contributed by atoms with Crippen LogP contribution in [0.3, 0.4) is 0 Å². The van der Waals surface area contributed by atoms with Crippen molar-refractivity contribution in [1.82, 2.24) is 10.6 Å². The number of benzene rings is 1. The lowest BCUT2D eigenvalue weighted by atomic mass is 10.2. The maximum absolute atomic E-state index is 12.2. The zero-order valence-corrected chi connectivity index (χ0v) is 17.8. The Bertz CT molecular complexity index is 546. The van der Waals surface area contributed by atoms with Crippen LogP contribution in [0.4, 0.5) is 13.2 Å². The first kappa shape index (κ1) is 25.7. The standard InChI is InChI=1S/C17H26F3N3O3.HI/c1-21-16(22-7-4-8-25-10-9-24-2)23-12-14-5-3-6-15(11-14)26-13-17(18,19)20;/h3,5-6,11H,4,7-10,12-13H2,1-2H3,(H2,21,22,23);1H. The van der Waals surface area contributed by atoms with E-state index in [1.807, 2.05) is 0 Å². The number of guanidine groups is 1. The monoisotopic (exact) mass is 505 g/mol. The minimum absolute atomic E-state index is 0. The third kappa shape index (κ3) is 13.5. The predicted octanol–water partition coefficient (Wildman–Crippen LogP) is 2.96. The van der Waals surface area contributed by atoms with Gasteiger partial charge in [0.25, 0.3) is 0 Å². The second-order valence-corrected chi connectivity index (χ2v) is 5.36. The van der Waals surface area contributed by atoms with Gasteiger partial charge in [-0.3, -0.25) is 4.99 Å². The van der Waals surface area contributed by atoms with Crippen LogP contribution in [0.25, 0.3) is 0 Å². The van der Waals surface area contributed by atoms with Crippen LogP contribution in [0.5, 0.6) is 5.75 Å². The summed E-state index contributed by atoms with van der Waals surface area (Å²) in [5.41, 5.74) is 0.788. The molecular weight excluding hydrogens is 478 g/mol. The average Bonchev–Trinajstić information content (AvgIpc) is 2.61. The topological polar surface area (TPSA) is 64.1 Å². The number of rotatable bonds is 11. The smallest absolute Gasteiger partial charge is 0.422 e. The van der Waals surface area contributed by atoms with Crippen molar-refractivity contribution in [2.75, 3.05) is 47.1 Å². The fourth-order valence-corrected chi connectivity index (χ4v) is 1.94. The predicted molar refractivity (Wildman–Crippen MR) is 109 cm³/mol. The lowest BCUT2D eigenvalue weighted by molar-refractivity contribution is -0.153. The number of methoxy groups -OCH3 is 1. The molecule has 0 aromatic heterocycles. The van der Waals surface area contributed by atoms with Crippen LogP contribution in [0.2, 0.25) is 0 Å². The molecule has 1 aromatic rings. The van der Waals surface area contributed by atoms with Crippen molar-refractivity contribution in [2.24, 2.45) is 4.99 Å². The molecule has 0 bridgehead atoms. The summed E-state index contributed by atoms with van der Waals surface area (Å²) in [5, 5.41) is 6.23. The van der Waals surface area contributed by atoms with Gasteiger partial charge < -0.3 is 24.8 Å². The summed E-state index contributed by atoms with van der Waals surface area (Å²) in [6.45, 7) is 1.54. The normalized spacial score (nSPS) is 11.7. The molecule has 0 aliphatic heterocycles. The van der Waals surface area contributed by atoms with Crippen molar-refractivity contribution in [3.05, 3.63) is 29.8 Å². The molecule has 0 heterocycles. The van der Waals surface area contributed by atoms with E-state index >= 15 is 0 Å². The highest BCUT2D eigenvalue weighted by Crippen LogP contribution is 2.19. The van der Waals surface area contributed by atoms with E-state index in [9.17, 15) is 13.2 Å². The maximum atomic E-state index is 12.2. The molecule has 0 amide bonds. The van der Waals surface area contributed by atoms with E-state index in [4.69, 9.17) is 14.2 Å². The molecule has 0 fully saturated rings. The van der Waals surface area contributed by atoms with Crippen LogP contribution in [0, 0.1) is 0 Å². The maximum Gasteiger partial charge on any atom is 0.422 e. The van der Waals surface area contributed by atoms with Gasteiger partial charge in [0.2, 0.25) is 0 Å². The zero-order valence-electron chi connectivity index (χ0n) is 15.5. The summed E-state index contributed by atoms with van der Waals surface area (Å²) in [6, 6.07) is 6.50. The zero-order chi connectivity index (χ0) is 19.3. The number of hydrogen-bond donors (Lipinski definition) is 2. The largest absolute Gasteiger partial charge is 0.484 e. The Labute approximate surface area is 174 Å². The molecule has 0 spiro atoms. The summed E-state index contributed by atoms with van der Waals surface area (Å²) in [6.07, 6.45) is -3.54. The highest BCUT2D eigenvalue weighted by molar-refractivity contribution is 14.0. The molecule has 27 heavy (non-hydrogen) atoms. The average molecular weight is 505 g/mol. The van der Waals surface area contributed by atoms with Crippen LogP contribution in [0.15, 0.2) is 29.3 Å². The minimum Gasteiger partial charge on any atom is -0.484 e. The molecule has 0 aliphatic carbocycles. The van der Waals surface area contributed by atoms with Gasteiger partial charge in [-0.2, -0.15) is 13.2 Å². The second kappa shape index (κ2) is 14.7. The van der Waals surface area contributed by atoms with E-state index in [-0.39, 0.29) is 29.7 Å². The molecule has 0 unspecified atom stereocenters. The van der Waals surface area contributed by atoms with Gasteiger partial charge in [-0.25, -0.2) is 0 Å². The van der Waals surface area contributed by atoms with Gasteiger partial charge >= 0.3 is 6.18 Å². The number of hydrogen-bond acceptors (Lipinski definition) is 4.